The minimum Gasteiger partial charge on any atom is -0.349 e. The summed E-state index contributed by atoms with van der Waals surface area (Å²) in [6.07, 6.45) is 2.60. The van der Waals surface area contributed by atoms with E-state index in [1.54, 1.807) is 24.3 Å². The number of carbonyl (C=O) groups is 1. The summed E-state index contributed by atoms with van der Waals surface area (Å²) in [7, 11) is -3.61. The van der Waals surface area contributed by atoms with E-state index < -0.39 is 15.7 Å². The number of sulfone groups is 1. The van der Waals surface area contributed by atoms with Gasteiger partial charge >= 0.3 is 0 Å². The number of hydrazone groups is 1. The summed E-state index contributed by atoms with van der Waals surface area (Å²) in [5.41, 5.74) is 3.77. The maximum atomic E-state index is 12.6. The van der Waals surface area contributed by atoms with Crippen LogP contribution < -0.4 is 5.43 Å². The van der Waals surface area contributed by atoms with Crippen molar-refractivity contribution in [1.82, 2.24) is 10.4 Å². The quantitative estimate of drug-likeness (QED) is 0.412. The van der Waals surface area contributed by atoms with Gasteiger partial charge in [-0.05, 0) is 28.5 Å². The first-order valence-corrected chi connectivity index (χ1v) is 10.5. The van der Waals surface area contributed by atoms with Crippen LogP contribution in [-0.2, 0) is 9.84 Å². The van der Waals surface area contributed by atoms with Crippen LogP contribution in [0, 0.1) is 0 Å². The van der Waals surface area contributed by atoms with E-state index in [1.807, 2.05) is 42.5 Å². The van der Waals surface area contributed by atoms with Gasteiger partial charge in [0.1, 0.15) is 10.6 Å². The lowest BCUT2D eigenvalue weighted by molar-refractivity contribution is 0.0947. The van der Waals surface area contributed by atoms with Crippen molar-refractivity contribution in [2.75, 3.05) is 6.26 Å². The second-order valence-electron chi connectivity index (χ2n) is 6.45. The Hall–Kier alpha value is -3.45. The molecule has 0 saturated carbocycles. The molecule has 0 aliphatic carbocycles. The molecule has 0 radical (unpaired) electrons. The standard InChI is InChI=1S/C21H17N3O3S/c1-28(26,27)20-17-8-4-5-9-18(17)23-19(20)21(25)24-22-13-14-10-11-15-6-2-3-7-16(15)12-14/h2-13,23H,1H3,(H,24,25)/b22-13-. The number of hydrogen-bond donors (Lipinski definition) is 2. The fourth-order valence-electron chi connectivity index (χ4n) is 3.17. The molecule has 6 nitrogen and oxygen atoms in total. The molecule has 0 aliphatic rings. The average molecular weight is 391 g/mol. The van der Waals surface area contributed by atoms with Gasteiger partial charge in [-0.2, -0.15) is 5.10 Å². The summed E-state index contributed by atoms with van der Waals surface area (Å²) >= 11 is 0. The molecule has 28 heavy (non-hydrogen) atoms. The Morgan fingerprint density at radius 1 is 1.00 bits per heavy atom. The maximum absolute atomic E-state index is 12.6. The summed E-state index contributed by atoms with van der Waals surface area (Å²) in [5.74, 6) is -0.617. The summed E-state index contributed by atoms with van der Waals surface area (Å²) in [6.45, 7) is 0. The third kappa shape index (κ3) is 3.39. The van der Waals surface area contributed by atoms with E-state index >= 15 is 0 Å². The molecule has 0 aliphatic heterocycles. The van der Waals surface area contributed by atoms with Gasteiger partial charge in [-0.3, -0.25) is 4.79 Å². The van der Waals surface area contributed by atoms with E-state index in [1.165, 1.54) is 6.21 Å². The topological polar surface area (TPSA) is 91.4 Å². The molecular weight excluding hydrogens is 374 g/mol. The van der Waals surface area contributed by atoms with E-state index in [2.05, 4.69) is 15.5 Å². The third-order valence-corrected chi connectivity index (χ3v) is 5.58. The number of nitrogens with one attached hydrogen (secondary N) is 2. The van der Waals surface area contributed by atoms with Crippen molar-refractivity contribution in [3.05, 3.63) is 78.0 Å². The molecule has 7 heteroatoms. The van der Waals surface area contributed by atoms with Gasteiger partial charge in [-0.1, -0.05) is 54.6 Å². The molecular formula is C21H17N3O3S. The van der Waals surface area contributed by atoms with E-state index in [9.17, 15) is 13.2 Å². The van der Waals surface area contributed by atoms with Crippen molar-refractivity contribution in [3.8, 4) is 0 Å². The van der Waals surface area contributed by atoms with Crippen molar-refractivity contribution < 1.29 is 13.2 Å². The summed E-state index contributed by atoms with van der Waals surface area (Å²) in [5, 5.41) is 6.63. The Bertz CT molecular complexity index is 1340. The maximum Gasteiger partial charge on any atom is 0.289 e. The minimum atomic E-state index is -3.61. The predicted octanol–water partition coefficient (Wildman–Crippen LogP) is 3.49. The number of rotatable bonds is 4. The van der Waals surface area contributed by atoms with Crippen molar-refractivity contribution in [1.29, 1.82) is 0 Å². The number of fused-ring (bicyclic) bond motifs is 2. The highest BCUT2D eigenvalue weighted by molar-refractivity contribution is 7.91. The number of amides is 1. The highest BCUT2D eigenvalue weighted by atomic mass is 32.2. The number of aromatic nitrogens is 1. The molecule has 140 valence electrons. The van der Waals surface area contributed by atoms with Gasteiger partial charge in [-0.15, -0.1) is 0 Å². The second kappa shape index (κ2) is 6.94. The van der Waals surface area contributed by atoms with Gasteiger partial charge in [0.15, 0.2) is 9.84 Å². The van der Waals surface area contributed by atoms with Crippen molar-refractivity contribution in [2.24, 2.45) is 5.10 Å². The molecule has 0 bridgehead atoms. The van der Waals surface area contributed by atoms with E-state index in [4.69, 9.17) is 0 Å². The van der Waals surface area contributed by atoms with E-state index in [0.29, 0.717) is 10.9 Å². The first-order valence-electron chi connectivity index (χ1n) is 8.56. The fraction of sp³-hybridized carbons (Fsp3) is 0.0476. The Balaban J connectivity index is 1.62. The SMILES string of the molecule is CS(=O)(=O)c1c(C(=O)N/N=C\c2ccc3ccccc3c2)[nH]c2ccccc12. The molecule has 1 heterocycles. The third-order valence-electron chi connectivity index (χ3n) is 4.41. The van der Waals surface area contributed by atoms with Crippen LogP contribution in [-0.4, -0.2) is 31.8 Å². The first-order chi connectivity index (χ1) is 13.4. The zero-order chi connectivity index (χ0) is 19.7. The van der Waals surface area contributed by atoms with Crippen molar-refractivity contribution in [3.63, 3.8) is 0 Å². The van der Waals surface area contributed by atoms with Crippen LogP contribution in [0.25, 0.3) is 21.7 Å². The van der Waals surface area contributed by atoms with Gasteiger partial charge in [0.25, 0.3) is 5.91 Å². The second-order valence-corrected chi connectivity index (χ2v) is 8.41. The molecule has 0 unspecified atom stereocenters. The van der Waals surface area contributed by atoms with Gasteiger partial charge in [0.2, 0.25) is 0 Å². The fourth-order valence-corrected chi connectivity index (χ4v) is 4.26. The Labute approximate surface area is 161 Å². The van der Waals surface area contributed by atoms with Crippen LogP contribution in [0.4, 0.5) is 0 Å². The van der Waals surface area contributed by atoms with Crippen LogP contribution >= 0.6 is 0 Å². The molecule has 4 aromatic rings. The molecule has 0 spiro atoms. The van der Waals surface area contributed by atoms with Crippen LogP contribution in [0.1, 0.15) is 16.1 Å². The van der Waals surface area contributed by atoms with E-state index in [-0.39, 0.29) is 10.6 Å². The largest absolute Gasteiger partial charge is 0.349 e. The van der Waals surface area contributed by atoms with Gasteiger partial charge < -0.3 is 4.98 Å². The number of benzene rings is 3. The van der Waals surface area contributed by atoms with Gasteiger partial charge in [0, 0.05) is 17.2 Å². The minimum absolute atomic E-state index is 0.0264. The van der Waals surface area contributed by atoms with Crippen LogP contribution in [0.2, 0.25) is 0 Å². The molecule has 3 aromatic carbocycles. The summed E-state index contributed by atoms with van der Waals surface area (Å²) in [6, 6.07) is 20.6. The molecule has 2 N–H and O–H groups in total. The zero-order valence-electron chi connectivity index (χ0n) is 15.0. The molecule has 0 atom stereocenters. The molecule has 4 rings (SSSR count). The number of nitrogens with zero attached hydrogens (tertiary/aromatic N) is 1. The summed E-state index contributed by atoms with van der Waals surface area (Å²) in [4.78, 5) is 15.4. The number of hydrogen-bond acceptors (Lipinski definition) is 4. The molecule has 1 aromatic heterocycles. The lowest BCUT2D eigenvalue weighted by atomic mass is 10.1. The normalized spacial score (nSPS) is 12.0. The first kappa shape index (κ1) is 17.9. The summed E-state index contributed by atoms with van der Waals surface area (Å²) < 4.78 is 24.4. The zero-order valence-corrected chi connectivity index (χ0v) is 15.8. The van der Waals surface area contributed by atoms with Crippen LogP contribution in [0.15, 0.2) is 76.7 Å². The van der Waals surface area contributed by atoms with Crippen LogP contribution in [0.3, 0.4) is 0 Å². The van der Waals surface area contributed by atoms with Gasteiger partial charge in [-0.25, -0.2) is 13.8 Å². The number of carbonyl (C=O) groups excluding carboxylic acids is 1. The monoisotopic (exact) mass is 391 g/mol. The number of aromatic amines is 1. The highest BCUT2D eigenvalue weighted by Gasteiger charge is 2.24. The average Bonchev–Trinajstić information content (AvgIpc) is 3.08. The Kier molecular flexibility index (Phi) is 4.44. The molecule has 0 fully saturated rings. The number of H-pyrrole nitrogens is 1. The lowest BCUT2D eigenvalue weighted by Gasteiger charge is -2.02. The Morgan fingerprint density at radius 3 is 2.50 bits per heavy atom. The van der Waals surface area contributed by atoms with E-state index in [0.717, 1.165) is 22.6 Å². The highest BCUT2D eigenvalue weighted by Crippen LogP contribution is 2.26. The number of para-hydroxylation sites is 1. The molecule has 0 saturated heterocycles. The molecule has 1 amide bonds. The van der Waals surface area contributed by atoms with Crippen molar-refractivity contribution >= 4 is 43.6 Å². The predicted molar refractivity (Wildman–Crippen MR) is 110 cm³/mol. The smallest absolute Gasteiger partial charge is 0.289 e. The van der Waals surface area contributed by atoms with Crippen molar-refractivity contribution in [2.45, 2.75) is 4.90 Å². The Morgan fingerprint density at radius 2 is 1.71 bits per heavy atom. The lowest BCUT2D eigenvalue weighted by Crippen LogP contribution is -2.20. The van der Waals surface area contributed by atoms with Gasteiger partial charge in [0.05, 0.1) is 6.21 Å². The van der Waals surface area contributed by atoms with Crippen LogP contribution in [0.5, 0.6) is 0 Å².